The fourth-order valence-electron chi connectivity index (χ4n) is 2.29. The Labute approximate surface area is 106 Å². The predicted octanol–water partition coefficient (Wildman–Crippen LogP) is 2.38. The lowest BCUT2D eigenvalue weighted by Gasteiger charge is -2.39. The van der Waals surface area contributed by atoms with Gasteiger partial charge in [0.2, 0.25) is 0 Å². The number of anilines is 1. The highest BCUT2D eigenvalue weighted by Gasteiger charge is 2.25. The van der Waals surface area contributed by atoms with E-state index < -0.39 is 0 Å². The summed E-state index contributed by atoms with van der Waals surface area (Å²) in [6, 6.07) is 4.83. The molecule has 1 fully saturated rings. The van der Waals surface area contributed by atoms with Crippen LogP contribution in [0.3, 0.4) is 0 Å². The lowest BCUT2D eigenvalue weighted by atomic mass is 9.90. The van der Waals surface area contributed by atoms with E-state index in [0.29, 0.717) is 30.9 Å². The molecule has 1 aliphatic carbocycles. The molecule has 1 aromatic carbocycles. The summed E-state index contributed by atoms with van der Waals surface area (Å²) in [4.78, 5) is 12.9. The molecule has 1 aromatic rings. The fourth-order valence-corrected chi connectivity index (χ4v) is 2.29. The topological polar surface area (TPSA) is 40.5 Å². The van der Waals surface area contributed by atoms with Gasteiger partial charge in [0.05, 0.1) is 0 Å². The number of rotatable bonds is 6. The average molecular weight is 251 g/mol. The summed E-state index contributed by atoms with van der Waals surface area (Å²) in [7, 11) is 0. The van der Waals surface area contributed by atoms with Crippen LogP contribution in [0.2, 0.25) is 0 Å². The molecule has 0 heterocycles. The van der Waals surface area contributed by atoms with Crippen LogP contribution in [0.25, 0.3) is 0 Å². The molecule has 0 aliphatic heterocycles. The number of carbonyl (C=O) groups is 1. The minimum absolute atomic E-state index is 0.124. The number of nitrogens with zero attached hydrogens (tertiary/aromatic N) is 1. The van der Waals surface area contributed by atoms with E-state index in [2.05, 4.69) is 4.90 Å². The van der Waals surface area contributed by atoms with E-state index in [9.17, 15) is 9.18 Å². The van der Waals surface area contributed by atoms with Gasteiger partial charge in [-0.2, -0.15) is 0 Å². The first-order chi connectivity index (χ1) is 8.74. The molecule has 0 aromatic heterocycles. The maximum absolute atomic E-state index is 13.4. The second-order valence-corrected chi connectivity index (χ2v) is 4.72. The normalized spacial score (nSPS) is 15.2. The van der Waals surface area contributed by atoms with Crippen molar-refractivity contribution in [2.24, 2.45) is 0 Å². The third kappa shape index (κ3) is 2.88. The molecule has 0 unspecified atom stereocenters. The zero-order chi connectivity index (χ0) is 13.0. The van der Waals surface area contributed by atoms with Crippen LogP contribution in [0.4, 0.5) is 10.1 Å². The van der Waals surface area contributed by atoms with Gasteiger partial charge in [-0.15, -0.1) is 0 Å². The quantitative estimate of drug-likeness (QED) is 0.789. The number of aliphatic hydroxyl groups excluding tert-OH is 1. The van der Waals surface area contributed by atoms with E-state index >= 15 is 0 Å². The largest absolute Gasteiger partial charge is 0.396 e. The minimum atomic E-state index is -0.386. The standard InChI is InChI=1S/C14H18FNO2/c15-12-7-11(10-18)8-14(9-12)16(5-2-6-17)13-3-1-4-13/h7-10,13,17H,1-6H2. The Morgan fingerprint density at radius 3 is 2.72 bits per heavy atom. The Bertz CT molecular complexity index is 418. The van der Waals surface area contributed by atoms with E-state index in [-0.39, 0.29) is 12.4 Å². The number of benzene rings is 1. The van der Waals surface area contributed by atoms with Crippen molar-refractivity contribution in [3.63, 3.8) is 0 Å². The lowest BCUT2D eigenvalue weighted by Crippen LogP contribution is -2.41. The number of hydrogen-bond donors (Lipinski definition) is 1. The van der Waals surface area contributed by atoms with Gasteiger partial charge in [0.25, 0.3) is 0 Å². The molecule has 0 amide bonds. The zero-order valence-electron chi connectivity index (χ0n) is 10.3. The molecule has 2 rings (SSSR count). The summed E-state index contributed by atoms with van der Waals surface area (Å²) in [5.41, 5.74) is 1.11. The highest BCUT2D eigenvalue weighted by atomic mass is 19.1. The van der Waals surface area contributed by atoms with Gasteiger partial charge in [-0.3, -0.25) is 4.79 Å². The van der Waals surface area contributed by atoms with Crippen LogP contribution in [-0.2, 0) is 0 Å². The Balaban J connectivity index is 2.22. The number of halogens is 1. The van der Waals surface area contributed by atoms with Crippen LogP contribution in [0, 0.1) is 5.82 Å². The third-order valence-electron chi connectivity index (χ3n) is 3.45. The zero-order valence-corrected chi connectivity index (χ0v) is 10.3. The third-order valence-corrected chi connectivity index (χ3v) is 3.45. The van der Waals surface area contributed by atoms with Gasteiger partial charge in [-0.25, -0.2) is 4.39 Å². The molecule has 0 saturated heterocycles. The first-order valence-corrected chi connectivity index (χ1v) is 6.38. The summed E-state index contributed by atoms with van der Waals surface area (Å²) in [5.74, 6) is -0.386. The molecule has 0 radical (unpaired) electrons. The second-order valence-electron chi connectivity index (χ2n) is 4.72. The Kier molecular flexibility index (Phi) is 4.31. The molecule has 0 bridgehead atoms. The van der Waals surface area contributed by atoms with Crippen LogP contribution in [0.1, 0.15) is 36.0 Å². The molecule has 0 atom stereocenters. The number of hydrogen-bond acceptors (Lipinski definition) is 3. The minimum Gasteiger partial charge on any atom is -0.396 e. The van der Waals surface area contributed by atoms with Gasteiger partial charge in [-0.1, -0.05) is 0 Å². The van der Waals surface area contributed by atoms with Crippen molar-refractivity contribution < 1.29 is 14.3 Å². The Morgan fingerprint density at radius 2 is 2.17 bits per heavy atom. The van der Waals surface area contributed by atoms with Crippen LogP contribution in [0.15, 0.2) is 18.2 Å². The molecule has 1 N–H and O–H groups in total. The first kappa shape index (κ1) is 13.0. The number of aliphatic hydroxyl groups is 1. The number of aldehydes is 1. The Hall–Kier alpha value is -1.42. The van der Waals surface area contributed by atoms with E-state index in [0.717, 1.165) is 18.5 Å². The Morgan fingerprint density at radius 1 is 1.39 bits per heavy atom. The molecule has 1 saturated carbocycles. The molecular formula is C14H18FNO2. The van der Waals surface area contributed by atoms with E-state index in [4.69, 9.17) is 5.11 Å². The molecule has 4 heteroatoms. The van der Waals surface area contributed by atoms with E-state index in [1.807, 2.05) is 0 Å². The van der Waals surface area contributed by atoms with Gasteiger partial charge < -0.3 is 10.0 Å². The van der Waals surface area contributed by atoms with Crippen molar-refractivity contribution in [2.75, 3.05) is 18.1 Å². The predicted molar refractivity (Wildman–Crippen MR) is 68.5 cm³/mol. The van der Waals surface area contributed by atoms with Crippen LogP contribution in [-0.4, -0.2) is 30.6 Å². The van der Waals surface area contributed by atoms with E-state index in [1.165, 1.54) is 18.6 Å². The molecule has 1 aliphatic rings. The summed E-state index contributed by atoms with van der Waals surface area (Å²) in [5, 5.41) is 8.93. The van der Waals surface area contributed by atoms with Crippen LogP contribution in [0.5, 0.6) is 0 Å². The lowest BCUT2D eigenvalue weighted by molar-refractivity contribution is 0.112. The van der Waals surface area contributed by atoms with Gasteiger partial charge in [0, 0.05) is 30.4 Å². The molecule has 0 spiro atoms. The van der Waals surface area contributed by atoms with Crippen molar-refractivity contribution in [1.29, 1.82) is 0 Å². The smallest absolute Gasteiger partial charge is 0.150 e. The van der Waals surface area contributed by atoms with Crippen molar-refractivity contribution in [3.8, 4) is 0 Å². The van der Waals surface area contributed by atoms with Crippen LogP contribution >= 0.6 is 0 Å². The SMILES string of the molecule is O=Cc1cc(F)cc(N(CCCO)C2CCC2)c1. The molecule has 18 heavy (non-hydrogen) atoms. The maximum atomic E-state index is 13.4. The van der Waals surface area contributed by atoms with E-state index in [1.54, 1.807) is 6.07 Å². The van der Waals surface area contributed by atoms with Gasteiger partial charge in [0.15, 0.2) is 0 Å². The van der Waals surface area contributed by atoms with Crippen LogP contribution < -0.4 is 4.90 Å². The summed E-state index contributed by atoms with van der Waals surface area (Å²) >= 11 is 0. The first-order valence-electron chi connectivity index (χ1n) is 6.38. The average Bonchev–Trinajstić information content (AvgIpc) is 2.31. The molecule has 3 nitrogen and oxygen atoms in total. The monoisotopic (exact) mass is 251 g/mol. The summed E-state index contributed by atoms with van der Waals surface area (Å²) in [6.07, 6.45) is 4.70. The molecule has 98 valence electrons. The van der Waals surface area contributed by atoms with Gasteiger partial charge in [-0.05, 0) is 43.9 Å². The second kappa shape index (κ2) is 5.96. The maximum Gasteiger partial charge on any atom is 0.150 e. The highest BCUT2D eigenvalue weighted by Crippen LogP contribution is 2.30. The number of carbonyl (C=O) groups excluding carboxylic acids is 1. The van der Waals surface area contributed by atoms with Crippen molar-refractivity contribution in [3.05, 3.63) is 29.6 Å². The van der Waals surface area contributed by atoms with Gasteiger partial charge >= 0.3 is 0 Å². The van der Waals surface area contributed by atoms with Crippen molar-refractivity contribution in [2.45, 2.75) is 31.7 Å². The summed E-state index contributed by atoms with van der Waals surface area (Å²) < 4.78 is 13.4. The fraction of sp³-hybridized carbons (Fsp3) is 0.500. The van der Waals surface area contributed by atoms with Gasteiger partial charge in [0.1, 0.15) is 12.1 Å². The van der Waals surface area contributed by atoms with Crippen molar-refractivity contribution >= 4 is 12.0 Å². The van der Waals surface area contributed by atoms with Crippen molar-refractivity contribution in [1.82, 2.24) is 0 Å². The highest BCUT2D eigenvalue weighted by molar-refractivity contribution is 5.77. The molecular weight excluding hydrogens is 233 g/mol. The summed E-state index contributed by atoms with van der Waals surface area (Å²) in [6.45, 7) is 0.821.